The molecule has 0 unspecified atom stereocenters. The average molecular weight is 329 g/mol. The van der Waals surface area contributed by atoms with Crippen molar-refractivity contribution in [2.75, 3.05) is 6.26 Å². The monoisotopic (exact) mass is 329 g/mol. The minimum absolute atomic E-state index is 0.0100. The van der Waals surface area contributed by atoms with E-state index in [1.54, 1.807) is 42.7 Å². The molecule has 23 heavy (non-hydrogen) atoms. The highest BCUT2D eigenvalue weighted by Gasteiger charge is 2.16. The van der Waals surface area contributed by atoms with Crippen molar-refractivity contribution in [2.45, 2.75) is 4.90 Å². The van der Waals surface area contributed by atoms with Crippen LogP contribution in [0, 0.1) is 10.1 Å². The van der Waals surface area contributed by atoms with E-state index in [0.29, 0.717) is 21.8 Å². The molecule has 0 saturated carbocycles. The molecule has 1 aromatic heterocycles. The van der Waals surface area contributed by atoms with Gasteiger partial charge in [0.1, 0.15) is 0 Å². The van der Waals surface area contributed by atoms with Crippen molar-refractivity contribution < 1.29 is 13.7 Å². The van der Waals surface area contributed by atoms with Crippen LogP contribution in [0.1, 0.15) is 0 Å². The fourth-order valence-electron chi connectivity index (χ4n) is 2.08. The van der Waals surface area contributed by atoms with E-state index in [0.717, 1.165) is 0 Å². The number of nitro groups is 1. The molecule has 0 aliphatic carbocycles. The Morgan fingerprint density at radius 3 is 2.48 bits per heavy atom. The molecule has 0 N–H and O–H groups in total. The van der Waals surface area contributed by atoms with Crippen LogP contribution >= 0.6 is 0 Å². The van der Waals surface area contributed by atoms with Crippen molar-refractivity contribution in [3.05, 3.63) is 58.6 Å². The summed E-state index contributed by atoms with van der Waals surface area (Å²) in [5.41, 5.74) is 1.19. The fourth-order valence-corrected chi connectivity index (χ4v) is 2.81. The van der Waals surface area contributed by atoms with E-state index >= 15 is 0 Å². The molecule has 0 bridgehead atoms. The first-order chi connectivity index (χ1) is 11.1. The SMILES string of the molecule is C[S@](=O)c1ccccc1-c1nc(-c2ccc([N+](=O)[O-])cc2)no1. The Labute approximate surface area is 133 Å². The third-order valence-corrected chi connectivity index (χ3v) is 4.16. The third kappa shape index (κ3) is 3.02. The summed E-state index contributed by atoms with van der Waals surface area (Å²) in [6, 6.07) is 12.9. The van der Waals surface area contributed by atoms with Gasteiger partial charge in [0.05, 0.1) is 26.2 Å². The quantitative estimate of drug-likeness (QED) is 0.539. The van der Waals surface area contributed by atoms with Gasteiger partial charge in [-0.3, -0.25) is 14.3 Å². The van der Waals surface area contributed by atoms with Crippen LogP contribution in [0.4, 0.5) is 5.69 Å². The molecule has 2 aromatic carbocycles. The number of nitrogens with zero attached hydrogens (tertiary/aromatic N) is 3. The van der Waals surface area contributed by atoms with Crippen LogP contribution in [0.3, 0.4) is 0 Å². The van der Waals surface area contributed by atoms with E-state index in [2.05, 4.69) is 10.1 Å². The van der Waals surface area contributed by atoms with Crippen molar-refractivity contribution in [3.8, 4) is 22.8 Å². The maximum Gasteiger partial charge on any atom is 0.269 e. The van der Waals surface area contributed by atoms with Crippen LogP contribution in [0.5, 0.6) is 0 Å². The molecule has 1 heterocycles. The van der Waals surface area contributed by atoms with Crippen LogP contribution in [0.2, 0.25) is 0 Å². The maximum atomic E-state index is 11.8. The molecule has 0 saturated heterocycles. The summed E-state index contributed by atoms with van der Waals surface area (Å²) >= 11 is 0. The van der Waals surface area contributed by atoms with Gasteiger partial charge in [-0.1, -0.05) is 17.3 Å². The highest BCUT2D eigenvalue weighted by molar-refractivity contribution is 7.84. The molecule has 7 nitrogen and oxygen atoms in total. The lowest BCUT2D eigenvalue weighted by molar-refractivity contribution is -0.384. The molecular formula is C15H11N3O4S. The van der Waals surface area contributed by atoms with Gasteiger partial charge in [-0.15, -0.1) is 0 Å². The molecule has 1 atom stereocenters. The normalized spacial score (nSPS) is 12.0. The van der Waals surface area contributed by atoms with E-state index < -0.39 is 15.7 Å². The van der Waals surface area contributed by atoms with Gasteiger partial charge in [-0.2, -0.15) is 4.98 Å². The van der Waals surface area contributed by atoms with Crippen molar-refractivity contribution >= 4 is 16.5 Å². The number of benzene rings is 2. The first-order valence-electron chi connectivity index (χ1n) is 6.57. The topological polar surface area (TPSA) is 99.1 Å². The summed E-state index contributed by atoms with van der Waals surface area (Å²) in [5, 5.41) is 14.5. The molecule has 0 radical (unpaired) electrons. The molecule has 0 spiro atoms. The Hall–Kier alpha value is -2.87. The first kappa shape index (κ1) is 15.0. The molecule has 0 aliphatic heterocycles. The first-order valence-corrected chi connectivity index (χ1v) is 8.13. The van der Waals surface area contributed by atoms with Crippen LogP contribution < -0.4 is 0 Å². The number of rotatable bonds is 4. The van der Waals surface area contributed by atoms with Crippen molar-refractivity contribution in [1.29, 1.82) is 0 Å². The lowest BCUT2D eigenvalue weighted by Gasteiger charge is -2.01. The predicted octanol–water partition coefficient (Wildman–Crippen LogP) is 3.05. The van der Waals surface area contributed by atoms with Gasteiger partial charge in [-0.25, -0.2) is 0 Å². The second-order valence-electron chi connectivity index (χ2n) is 4.68. The molecule has 3 aromatic rings. The van der Waals surface area contributed by atoms with E-state index in [1.165, 1.54) is 12.1 Å². The summed E-state index contributed by atoms with van der Waals surface area (Å²) < 4.78 is 17.0. The zero-order valence-corrected chi connectivity index (χ0v) is 12.8. The Kier molecular flexibility index (Phi) is 3.98. The highest BCUT2D eigenvalue weighted by atomic mass is 32.2. The molecule has 3 rings (SSSR count). The molecule has 0 aliphatic rings. The Morgan fingerprint density at radius 2 is 1.83 bits per heavy atom. The van der Waals surface area contributed by atoms with Gasteiger partial charge in [0, 0.05) is 24.0 Å². The average Bonchev–Trinajstić information content (AvgIpc) is 3.04. The van der Waals surface area contributed by atoms with Crippen molar-refractivity contribution in [1.82, 2.24) is 10.1 Å². The van der Waals surface area contributed by atoms with Crippen LogP contribution in [0.15, 0.2) is 57.9 Å². The second kappa shape index (κ2) is 6.09. The van der Waals surface area contributed by atoms with Gasteiger partial charge in [0.2, 0.25) is 5.82 Å². The summed E-state index contributed by atoms with van der Waals surface area (Å²) in [6.07, 6.45) is 1.58. The van der Waals surface area contributed by atoms with E-state index in [-0.39, 0.29) is 11.6 Å². The molecule has 116 valence electrons. The number of aromatic nitrogens is 2. The molecule has 0 amide bonds. The third-order valence-electron chi connectivity index (χ3n) is 3.19. The minimum atomic E-state index is -1.19. The van der Waals surface area contributed by atoms with Gasteiger partial charge in [0.25, 0.3) is 11.6 Å². The smallest absolute Gasteiger partial charge is 0.269 e. The van der Waals surface area contributed by atoms with Crippen molar-refractivity contribution in [3.63, 3.8) is 0 Å². The molecular weight excluding hydrogens is 318 g/mol. The fraction of sp³-hybridized carbons (Fsp3) is 0.0667. The lowest BCUT2D eigenvalue weighted by atomic mass is 10.2. The zero-order valence-electron chi connectivity index (χ0n) is 12.0. The molecule has 8 heteroatoms. The van der Waals surface area contributed by atoms with Crippen LogP contribution in [0.25, 0.3) is 22.8 Å². The molecule has 0 fully saturated rings. The Bertz CT molecular complexity index is 890. The summed E-state index contributed by atoms with van der Waals surface area (Å²) in [7, 11) is -1.19. The van der Waals surface area contributed by atoms with E-state index in [4.69, 9.17) is 4.52 Å². The van der Waals surface area contributed by atoms with Gasteiger partial charge < -0.3 is 4.52 Å². The second-order valence-corrected chi connectivity index (χ2v) is 6.03. The maximum absolute atomic E-state index is 11.8. The number of hydrogen-bond acceptors (Lipinski definition) is 6. The lowest BCUT2D eigenvalue weighted by Crippen LogP contribution is -1.92. The summed E-state index contributed by atoms with van der Waals surface area (Å²) in [4.78, 5) is 15.1. The van der Waals surface area contributed by atoms with Gasteiger partial charge >= 0.3 is 0 Å². The van der Waals surface area contributed by atoms with Crippen LogP contribution in [-0.2, 0) is 10.8 Å². The predicted molar refractivity (Wildman–Crippen MR) is 84.2 cm³/mol. The highest BCUT2D eigenvalue weighted by Crippen LogP contribution is 2.27. The summed E-state index contributed by atoms with van der Waals surface area (Å²) in [5.74, 6) is 0.565. The van der Waals surface area contributed by atoms with Gasteiger partial charge in [0.15, 0.2) is 0 Å². The number of hydrogen-bond donors (Lipinski definition) is 0. The zero-order chi connectivity index (χ0) is 16.4. The van der Waals surface area contributed by atoms with Gasteiger partial charge in [-0.05, 0) is 24.3 Å². The number of nitro benzene ring substituents is 1. The standard InChI is InChI=1S/C15H11N3O4S/c1-23(21)13-5-3-2-4-12(13)15-16-14(17-22-15)10-6-8-11(9-7-10)18(19)20/h2-9H,1H3/t23-/m0/s1. The van der Waals surface area contributed by atoms with E-state index in [9.17, 15) is 14.3 Å². The largest absolute Gasteiger partial charge is 0.334 e. The summed E-state index contributed by atoms with van der Waals surface area (Å²) in [6.45, 7) is 0. The Morgan fingerprint density at radius 1 is 1.13 bits per heavy atom. The Balaban J connectivity index is 1.98. The number of non-ortho nitro benzene ring substituents is 1. The van der Waals surface area contributed by atoms with Crippen molar-refractivity contribution in [2.24, 2.45) is 0 Å². The minimum Gasteiger partial charge on any atom is -0.334 e. The van der Waals surface area contributed by atoms with Crippen LogP contribution in [-0.4, -0.2) is 25.5 Å². The van der Waals surface area contributed by atoms with E-state index in [1.807, 2.05) is 0 Å².